The lowest BCUT2D eigenvalue weighted by Gasteiger charge is -2.32. The van der Waals surface area contributed by atoms with Gasteiger partial charge in [0, 0.05) is 31.9 Å². The molecule has 1 aliphatic rings. The van der Waals surface area contributed by atoms with Crippen molar-refractivity contribution in [3.8, 4) is 0 Å². The van der Waals surface area contributed by atoms with Gasteiger partial charge >= 0.3 is 11.9 Å². The topological polar surface area (TPSA) is 87.4 Å². The first kappa shape index (κ1) is 18.8. The summed E-state index contributed by atoms with van der Waals surface area (Å²) in [4.78, 5) is 22.9. The van der Waals surface area contributed by atoms with E-state index in [0.29, 0.717) is 13.1 Å². The van der Waals surface area contributed by atoms with Crippen LogP contribution in [0.3, 0.4) is 0 Å². The Balaban J connectivity index is 1.89. The molecule has 0 spiro atoms. The molecular formula is C16H17F3N6O2. The van der Waals surface area contributed by atoms with Gasteiger partial charge in [0.15, 0.2) is 0 Å². The summed E-state index contributed by atoms with van der Waals surface area (Å²) in [5.41, 5.74) is -0.848. The van der Waals surface area contributed by atoms with Gasteiger partial charge in [0.1, 0.15) is 6.33 Å². The van der Waals surface area contributed by atoms with Crippen LogP contribution in [0, 0.1) is 10.1 Å². The average Bonchev–Trinajstić information content (AvgIpc) is 2.61. The van der Waals surface area contributed by atoms with Crippen LogP contribution in [-0.4, -0.2) is 53.0 Å². The monoisotopic (exact) mass is 382 g/mol. The highest BCUT2D eigenvalue weighted by Crippen LogP contribution is 2.35. The molecule has 0 amide bonds. The number of hydrogen-bond donors (Lipinski definition) is 1. The van der Waals surface area contributed by atoms with Gasteiger partial charge in [-0.25, -0.2) is 9.97 Å². The van der Waals surface area contributed by atoms with Crippen molar-refractivity contribution in [2.24, 2.45) is 0 Å². The minimum Gasteiger partial charge on any atom is -0.348 e. The Labute approximate surface area is 152 Å². The molecular weight excluding hydrogens is 365 g/mol. The zero-order chi connectivity index (χ0) is 19.6. The molecule has 0 saturated carbocycles. The maximum atomic E-state index is 12.7. The van der Waals surface area contributed by atoms with E-state index in [4.69, 9.17) is 0 Å². The van der Waals surface area contributed by atoms with Crippen molar-refractivity contribution in [1.82, 2.24) is 14.9 Å². The second kappa shape index (κ2) is 7.35. The average molecular weight is 382 g/mol. The van der Waals surface area contributed by atoms with Crippen molar-refractivity contribution in [3.05, 3.63) is 46.3 Å². The summed E-state index contributed by atoms with van der Waals surface area (Å²) < 4.78 is 38.0. The minimum absolute atomic E-state index is 0.0660. The van der Waals surface area contributed by atoms with E-state index in [1.165, 1.54) is 18.5 Å². The van der Waals surface area contributed by atoms with E-state index in [-0.39, 0.29) is 23.0 Å². The molecule has 2 heterocycles. The number of alkyl halides is 3. The van der Waals surface area contributed by atoms with Crippen molar-refractivity contribution in [2.45, 2.75) is 6.18 Å². The quantitative estimate of drug-likeness (QED) is 0.643. The second-order valence-electron chi connectivity index (χ2n) is 6.14. The van der Waals surface area contributed by atoms with Gasteiger partial charge in [-0.15, -0.1) is 0 Å². The molecule has 1 aliphatic heterocycles. The molecule has 2 aromatic rings. The van der Waals surface area contributed by atoms with E-state index >= 15 is 0 Å². The Bertz CT molecular complexity index is 820. The van der Waals surface area contributed by atoms with Gasteiger partial charge in [-0.05, 0) is 31.3 Å². The molecule has 0 aliphatic carbocycles. The third kappa shape index (κ3) is 4.25. The van der Waals surface area contributed by atoms with Crippen molar-refractivity contribution >= 4 is 23.0 Å². The number of benzene rings is 1. The first-order valence-electron chi connectivity index (χ1n) is 8.13. The van der Waals surface area contributed by atoms with Gasteiger partial charge in [0.25, 0.3) is 0 Å². The smallest absolute Gasteiger partial charge is 0.348 e. The number of nitro groups is 1. The van der Waals surface area contributed by atoms with Gasteiger partial charge in [-0.3, -0.25) is 10.1 Å². The zero-order valence-corrected chi connectivity index (χ0v) is 14.4. The number of piperazine rings is 1. The standard InChI is InChI=1S/C16H17F3N6O2/c1-23-6-8-24(9-7-23)15-13(25(26)27)14(20-10-21-15)22-12-4-2-11(3-5-12)16(17,18)19/h2-5,10H,6-9H2,1H3,(H,20,21,22). The van der Waals surface area contributed by atoms with Crippen LogP contribution < -0.4 is 10.2 Å². The first-order chi connectivity index (χ1) is 12.8. The highest BCUT2D eigenvalue weighted by Gasteiger charge is 2.31. The van der Waals surface area contributed by atoms with Crippen LogP contribution in [0.5, 0.6) is 0 Å². The van der Waals surface area contributed by atoms with Gasteiger partial charge in [0.2, 0.25) is 11.6 Å². The molecule has 144 valence electrons. The van der Waals surface area contributed by atoms with Crippen LogP contribution in [0.4, 0.5) is 36.2 Å². The highest BCUT2D eigenvalue weighted by atomic mass is 19.4. The van der Waals surface area contributed by atoms with Crippen LogP contribution in [0.25, 0.3) is 0 Å². The number of halogens is 3. The Morgan fingerprint density at radius 3 is 2.30 bits per heavy atom. The SMILES string of the molecule is CN1CCN(c2ncnc(Nc3ccc(C(F)(F)F)cc3)c2[N+](=O)[O-])CC1. The van der Waals surface area contributed by atoms with Crippen LogP contribution in [-0.2, 0) is 6.18 Å². The third-order valence-electron chi connectivity index (χ3n) is 4.26. The Kier molecular flexibility index (Phi) is 5.13. The van der Waals surface area contributed by atoms with Crippen LogP contribution in [0.15, 0.2) is 30.6 Å². The van der Waals surface area contributed by atoms with Crippen LogP contribution >= 0.6 is 0 Å². The van der Waals surface area contributed by atoms with Gasteiger partial charge in [-0.1, -0.05) is 0 Å². The zero-order valence-electron chi connectivity index (χ0n) is 14.4. The fourth-order valence-electron chi connectivity index (χ4n) is 2.76. The predicted octanol–water partition coefficient (Wildman–Crippen LogP) is 2.90. The molecule has 3 rings (SSSR count). The van der Waals surface area contributed by atoms with E-state index in [1.54, 1.807) is 4.90 Å². The molecule has 0 atom stereocenters. The Morgan fingerprint density at radius 1 is 1.11 bits per heavy atom. The lowest BCUT2D eigenvalue weighted by atomic mass is 10.2. The summed E-state index contributed by atoms with van der Waals surface area (Å²) in [5, 5.41) is 14.3. The summed E-state index contributed by atoms with van der Waals surface area (Å²) in [7, 11) is 1.96. The molecule has 1 saturated heterocycles. The molecule has 1 N–H and O–H groups in total. The Morgan fingerprint density at radius 2 is 1.74 bits per heavy atom. The van der Waals surface area contributed by atoms with Gasteiger partial charge in [-0.2, -0.15) is 13.2 Å². The van der Waals surface area contributed by atoms with E-state index < -0.39 is 16.7 Å². The molecule has 0 unspecified atom stereocenters. The highest BCUT2D eigenvalue weighted by molar-refractivity contribution is 5.74. The molecule has 27 heavy (non-hydrogen) atoms. The van der Waals surface area contributed by atoms with Crippen LogP contribution in [0.2, 0.25) is 0 Å². The summed E-state index contributed by atoms with van der Waals surface area (Å²) in [6.07, 6.45) is -3.25. The fraction of sp³-hybridized carbons (Fsp3) is 0.375. The van der Waals surface area contributed by atoms with Crippen molar-refractivity contribution < 1.29 is 18.1 Å². The summed E-state index contributed by atoms with van der Waals surface area (Å²) in [5.74, 6) is 0.126. The Hall–Kier alpha value is -2.95. The molecule has 11 heteroatoms. The van der Waals surface area contributed by atoms with Crippen molar-refractivity contribution in [1.29, 1.82) is 0 Å². The number of anilines is 3. The number of nitrogens with zero attached hydrogens (tertiary/aromatic N) is 5. The molecule has 1 fully saturated rings. The summed E-state index contributed by atoms with van der Waals surface area (Å²) in [6.45, 7) is 2.63. The number of rotatable bonds is 4. The fourth-order valence-corrected chi connectivity index (χ4v) is 2.76. The van der Waals surface area contributed by atoms with Crippen molar-refractivity contribution in [3.63, 3.8) is 0 Å². The molecule has 0 bridgehead atoms. The summed E-state index contributed by atoms with van der Waals surface area (Å²) >= 11 is 0. The van der Waals surface area contributed by atoms with Gasteiger partial charge < -0.3 is 15.1 Å². The predicted molar refractivity (Wildman–Crippen MR) is 93.1 cm³/mol. The van der Waals surface area contributed by atoms with E-state index in [0.717, 1.165) is 25.2 Å². The number of aromatic nitrogens is 2. The summed E-state index contributed by atoms with van der Waals surface area (Å²) in [6, 6.07) is 4.20. The van der Waals surface area contributed by atoms with E-state index in [9.17, 15) is 23.3 Å². The van der Waals surface area contributed by atoms with Crippen molar-refractivity contribution in [2.75, 3.05) is 43.4 Å². The van der Waals surface area contributed by atoms with E-state index in [1.807, 2.05) is 7.05 Å². The lowest BCUT2D eigenvalue weighted by molar-refractivity contribution is -0.383. The maximum Gasteiger partial charge on any atom is 0.416 e. The number of hydrogen-bond acceptors (Lipinski definition) is 7. The third-order valence-corrected chi connectivity index (χ3v) is 4.26. The molecule has 8 nitrogen and oxygen atoms in total. The largest absolute Gasteiger partial charge is 0.416 e. The van der Waals surface area contributed by atoms with Gasteiger partial charge in [0.05, 0.1) is 10.5 Å². The number of nitrogens with one attached hydrogen (secondary N) is 1. The molecule has 1 aromatic carbocycles. The van der Waals surface area contributed by atoms with Crippen LogP contribution in [0.1, 0.15) is 5.56 Å². The van der Waals surface area contributed by atoms with E-state index in [2.05, 4.69) is 20.2 Å². The number of likely N-dealkylation sites (N-methyl/N-ethyl adjacent to an activating group) is 1. The molecule has 1 aromatic heterocycles. The second-order valence-corrected chi connectivity index (χ2v) is 6.14. The normalized spacial score (nSPS) is 15.6. The maximum absolute atomic E-state index is 12.7. The lowest BCUT2D eigenvalue weighted by Crippen LogP contribution is -2.45. The minimum atomic E-state index is -4.45. The first-order valence-corrected chi connectivity index (χ1v) is 8.13. The molecule has 0 radical (unpaired) electrons.